The van der Waals surface area contributed by atoms with Gasteiger partial charge in [0.2, 0.25) is 5.91 Å². The number of thioether (sulfide) groups is 1. The summed E-state index contributed by atoms with van der Waals surface area (Å²) in [5.74, 6) is -0.526. The largest absolute Gasteiger partial charge is 0.417 e. The van der Waals surface area contributed by atoms with E-state index in [1.54, 1.807) is 23.6 Å². The van der Waals surface area contributed by atoms with E-state index >= 15 is 0 Å². The Balaban J connectivity index is 1.83. The number of carbonyl (C=O) groups excluding carboxylic acids is 1. The molecule has 0 aliphatic heterocycles. The average molecular weight is 448 g/mol. The van der Waals surface area contributed by atoms with E-state index in [4.69, 9.17) is 0 Å². The fourth-order valence-electron chi connectivity index (χ4n) is 2.75. The molecule has 0 saturated carbocycles. The number of nitrogens with zero attached hydrogens (tertiary/aromatic N) is 2. The van der Waals surface area contributed by atoms with E-state index in [9.17, 15) is 23.2 Å². The highest BCUT2D eigenvalue weighted by atomic mass is 32.2. The number of hydrogen-bond donors (Lipinski definition) is 1. The number of alkyl halides is 3. The highest BCUT2D eigenvalue weighted by Gasteiger charge is 2.36. The van der Waals surface area contributed by atoms with Crippen LogP contribution in [0.25, 0.3) is 10.6 Å². The van der Waals surface area contributed by atoms with Gasteiger partial charge < -0.3 is 5.32 Å². The van der Waals surface area contributed by atoms with E-state index in [0.29, 0.717) is 4.88 Å². The summed E-state index contributed by atoms with van der Waals surface area (Å²) in [5.41, 5.74) is -0.594. The second-order valence-electron chi connectivity index (χ2n) is 6.31. The molecule has 3 rings (SSSR count). The maximum absolute atomic E-state index is 13.5. The van der Waals surface area contributed by atoms with Crippen molar-refractivity contribution in [2.75, 3.05) is 5.75 Å². The second-order valence-corrected chi connectivity index (χ2v) is 8.22. The Bertz CT molecular complexity index is 1060. The number of aromatic nitrogens is 1. The lowest BCUT2D eigenvalue weighted by Gasteiger charge is -2.15. The molecule has 154 valence electrons. The molecule has 0 aliphatic rings. The van der Waals surface area contributed by atoms with Gasteiger partial charge in [-0.1, -0.05) is 48.2 Å². The lowest BCUT2D eigenvalue weighted by Crippen LogP contribution is -2.28. The first-order valence-electron chi connectivity index (χ1n) is 8.83. The van der Waals surface area contributed by atoms with Gasteiger partial charge in [-0.05, 0) is 30.0 Å². The molecule has 0 bridgehead atoms. The van der Waals surface area contributed by atoms with Crippen LogP contribution in [0.2, 0.25) is 0 Å². The van der Waals surface area contributed by atoms with Crippen LogP contribution in [0.1, 0.15) is 29.7 Å². The Kier molecular flexibility index (Phi) is 6.80. The Hall–Kier alpha value is -2.83. The maximum Gasteiger partial charge on any atom is 0.417 e. The van der Waals surface area contributed by atoms with Crippen LogP contribution in [0, 0.1) is 11.3 Å². The zero-order chi connectivity index (χ0) is 21.7. The van der Waals surface area contributed by atoms with Gasteiger partial charge in [0.1, 0.15) is 11.1 Å². The van der Waals surface area contributed by atoms with Crippen LogP contribution in [-0.4, -0.2) is 16.6 Å². The van der Waals surface area contributed by atoms with Crippen LogP contribution in [0.5, 0.6) is 0 Å². The van der Waals surface area contributed by atoms with Crippen molar-refractivity contribution in [2.45, 2.75) is 24.2 Å². The van der Waals surface area contributed by atoms with Crippen molar-refractivity contribution < 1.29 is 18.0 Å². The normalized spacial score (nSPS) is 12.2. The number of nitriles is 1. The summed E-state index contributed by atoms with van der Waals surface area (Å²) in [5, 5.41) is 13.8. The monoisotopic (exact) mass is 447 g/mol. The van der Waals surface area contributed by atoms with Crippen LogP contribution in [0.15, 0.2) is 58.9 Å². The van der Waals surface area contributed by atoms with Gasteiger partial charge in [-0.25, -0.2) is 4.98 Å². The molecule has 30 heavy (non-hydrogen) atoms. The van der Waals surface area contributed by atoms with Gasteiger partial charge in [0.05, 0.1) is 33.5 Å². The Labute approximate surface area is 179 Å². The van der Waals surface area contributed by atoms with Crippen molar-refractivity contribution in [2.24, 2.45) is 0 Å². The number of pyridine rings is 1. The lowest BCUT2D eigenvalue weighted by atomic mass is 10.1. The topological polar surface area (TPSA) is 65.8 Å². The molecule has 0 radical (unpaired) electrons. The van der Waals surface area contributed by atoms with Gasteiger partial charge in [-0.3, -0.25) is 4.79 Å². The highest BCUT2D eigenvalue weighted by molar-refractivity contribution is 8.00. The third-order valence-electron chi connectivity index (χ3n) is 4.19. The maximum atomic E-state index is 13.5. The van der Waals surface area contributed by atoms with Crippen LogP contribution >= 0.6 is 23.1 Å². The molecular formula is C21H16F3N3OS2. The Morgan fingerprint density at radius 3 is 2.60 bits per heavy atom. The van der Waals surface area contributed by atoms with Crippen molar-refractivity contribution in [3.63, 3.8) is 0 Å². The van der Waals surface area contributed by atoms with E-state index in [1.807, 2.05) is 37.3 Å². The number of thiophene rings is 1. The molecule has 0 aliphatic carbocycles. The summed E-state index contributed by atoms with van der Waals surface area (Å²) in [4.78, 5) is 17.1. The molecule has 1 aromatic carbocycles. The number of hydrogen-bond acceptors (Lipinski definition) is 5. The summed E-state index contributed by atoms with van der Waals surface area (Å²) in [6.45, 7) is 1.82. The molecule has 2 heterocycles. The minimum absolute atomic E-state index is 0.113. The first-order valence-corrected chi connectivity index (χ1v) is 10.7. The second kappa shape index (κ2) is 9.32. The molecule has 1 atom stereocenters. The van der Waals surface area contributed by atoms with Crippen molar-refractivity contribution >= 4 is 29.0 Å². The van der Waals surface area contributed by atoms with E-state index in [1.165, 1.54) is 11.3 Å². The first kappa shape index (κ1) is 21.9. The molecule has 0 spiro atoms. The molecule has 0 fully saturated rings. The van der Waals surface area contributed by atoms with Crippen LogP contribution < -0.4 is 5.32 Å². The molecule has 2 aromatic heterocycles. The summed E-state index contributed by atoms with van der Waals surface area (Å²) in [6, 6.07) is 14.9. The van der Waals surface area contributed by atoms with Crippen molar-refractivity contribution in [3.8, 4) is 16.6 Å². The first-order chi connectivity index (χ1) is 14.3. The van der Waals surface area contributed by atoms with Gasteiger partial charge in [-0.2, -0.15) is 18.4 Å². The molecule has 1 amide bonds. The fraction of sp³-hybridized carbons (Fsp3) is 0.190. The van der Waals surface area contributed by atoms with Gasteiger partial charge in [0, 0.05) is 0 Å². The molecule has 1 unspecified atom stereocenters. The smallest absolute Gasteiger partial charge is 0.349 e. The van der Waals surface area contributed by atoms with Gasteiger partial charge in [0.25, 0.3) is 0 Å². The van der Waals surface area contributed by atoms with Crippen LogP contribution in [0.4, 0.5) is 13.2 Å². The Morgan fingerprint density at radius 2 is 2.00 bits per heavy atom. The number of rotatable bonds is 6. The number of nitrogens with one attached hydrogen (secondary N) is 1. The highest BCUT2D eigenvalue weighted by Crippen LogP contribution is 2.38. The minimum Gasteiger partial charge on any atom is -0.349 e. The third-order valence-corrected chi connectivity index (χ3v) is 6.06. The summed E-state index contributed by atoms with van der Waals surface area (Å²) in [7, 11) is 0. The summed E-state index contributed by atoms with van der Waals surface area (Å²) < 4.78 is 40.6. The van der Waals surface area contributed by atoms with E-state index in [0.717, 1.165) is 23.4 Å². The van der Waals surface area contributed by atoms with Gasteiger partial charge in [-0.15, -0.1) is 11.3 Å². The number of halogens is 3. The third kappa shape index (κ3) is 5.20. The van der Waals surface area contributed by atoms with Crippen LogP contribution in [0.3, 0.4) is 0 Å². The summed E-state index contributed by atoms with van der Waals surface area (Å²) in [6.07, 6.45) is -4.71. The molecule has 4 nitrogen and oxygen atoms in total. The number of carbonyl (C=O) groups is 1. The van der Waals surface area contributed by atoms with Gasteiger partial charge >= 0.3 is 6.18 Å². The summed E-state index contributed by atoms with van der Waals surface area (Å²) >= 11 is 2.06. The van der Waals surface area contributed by atoms with E-state index in [2.05, 4.69) is 10.3 Å². The standard InChI is InChI=1S/C21H16F3N3OS2/c1-13(14-6-3-2-4-7-14)26-19(28)12-30-20-15(11-25)16(21(22,23)24)10-17(27-20)18-8-5-9-29-18/h2-10,13H,12H2,1H3,(H,26,28). The molecule has 9 heteroatoms. The molecule has 0 saturated heterocycles. The fourth-order valence-corrected chi connectivity index (χ4v) is 4.25. The van der Waals surface area contributed by atoms with Gasteiger partial charge in [0.15, 0.2) is 0 Å². The Morgan fingerprint density at radius 1 is 1.27 bits per heavy atom. The lowest BCUT2D eigenvalue weighted by molar-refractivity contribution is -0.138. The average Bonchev–Trinajstić information content (AvgIpc) is 3.26. The predicted octanol–water partition coefficient (Wildman–Crippen LogP) is 5.67. The van der Waals surface area contributed by atoms with Crippen molar-refractivity contribution in [1.82, 2.24) is 10.3 Å². The predicted molar refractivity (Wildman–Crippen MR) is 111 cm³/mol. The van der Waals surface area contributed by atoms with E-state index < -0.39 is 17.3 Å². The number of amides is 1. The van der Waals surface area contributed by atoms with E-state index in [-0.39, 0.29) is 28.4 Å². The van der Waals surface area contributed by atoms with Crippen molar-refractivity contribution in [3.05, 3.63) is 70.6 Å². The SMILES string of the molecule is CC(NC(=O)CSc1nc(-c2cccs2)cc(C(F)(F)F)c1C#N)c1ccccc1. The molecule has 1 N–H and O–H groups in total. The minimum atomic E-state index is -4.71. The molecule has 3 aromatic rings. The van der Waals surface area contributed by atoms with Crippen LogP contribution in [-0.2, 0) is 11.0 Å². The quantitative estimate of drug-likeness (QED) is 0.495. The zero-order valence-electron chi connectivity index (χ0n) is 15.7. The number of benzene rings is 1. The van der Waals surface area contributed by atoms with Crippen molar-refractivity contribution in [1.29, 1.82) is 5.26 Å². The zero-order valence-corrected chi connectivity index (χ0v) is 17.4. The molecular weight excluding hydrogens is 431 g/mol.